The topological polar surface area (TPSA) is 81.1 Å². The van der Waals surface area contributed by atoms with Gasteiger partial charge in [0.25, 0.3) is 0 Å². The number of rotatable bonds is 1. The van der Waals surface area contributed by atoms with E-state index in [0.717, 1.165) is 4.90 Å². The number of carbonyl (C=O) groups is 2. The molecule has 0 aromatic heterocycles. The molecule has 2 amide bonds. The monoisotopic (exact) mass is 310 g/mol. The number of urea groups is 1. The van der Waals surface area contributed by atoms with Gasteiger partial charge in [0.05, 0.1) is 12.0 Å². The lowest BCUT2D eigenvalue weighted by molar-refractivity contribution is -0.183. The molecule has 120 valence electrons. The molecule has 2 heterocycles. The maximum Gasteiger partial charge on any atom is 0.391 e. The third kappa shape index (κ3) is 3.39. The molecule has 2 rings (SSSR count). The molecular weight excluding hydrogens is 293 g/mol. The molecule has 2 aliphatic rings. The van der Waals surface area contributed by atoms with Crippen molar-refractivity contribution in [3.63, 3.8) is 0 Å². The smallest absolute Gasteiger partial charge is 0.391 e. The van der Waals surface area contributed by atoms with E-state index in [0.29, 0.717) is 0 Å². The standard InChI is InChI=1S/C12H17F3N2O4/c13-12(14,15)7-1-3-16(4-2-7)11(21)17-6-8(18)5-9(17)10(19)20/h7-9,18H,1-6H2,(H,19,20)/t8-,9-/m0/s1. The summed E-state index contributed by atoms with van der Waals surface area (Å²) >= 11 is 0. The number of aliphatic hydroxyl groups is 1. The summed E-state index contributed by atoms with van der Waals surface area (Å²) in [5.41, 5.74) is 0. The summed E-state index contributed by atoms with van der Waals surface area (Å²) < 4.78 is 37.7. The number of piperidine rings is 1. The first kappa shape index (κ1) is 15.9. The molecule has 2 fully saturated rings. The Morgan fingerprint density at radius 3 is 2.19 bits per heavy atom. The molecule has 0 saturated carbocycles. The molecule has 6 nitrogen and oxygen atoms in total. The van der Waals surface area contributed by atoms with E-state index >= 15 is 0 Å². The van der Waals surface area contributed by atoms with Gasteiger partial charge in [0.2, 0.25) is 0 Å². The van der Waals surface area contributed by atoms with Crippen molar-refractivity contribution in [2.24, 2.45) is 5.92 Å². The number of alkyl halides is 3. The van der Waals surface area contributed by atoms with Crippen molar-refractivity contribution >= 4 is 12.0 Å². The molecule has 0 radical (unpaired) electrons. The van der Waals surface area contributed by atoms with E-state index in [9.17, 15) is 27.9 Å². The van der Waals surface area contributed by atoms with E-state index in [1.54, 1.807) is 0 Å². The van der Waals surface area contributed by atoms with Gasteiger partial charge in [-0.2, -0.15) is 13.2 Å². The van der Waals surface area contributed by atoms with E-state index in [-0.39, 0.29) is 38.9 Å². The molecule has 0 spiro atoms. The lowest BCUT2D eigenvalue weighted by atomic mass is 9.96. The fraction of sp³-hybridized carbons (Fsp3) is 0.833. The predicted molar refractivity (Wildman–Crippen MR) is 64.5 cm³/mol. The molecule has 2 atom stereocenters. The summed E-state index contributed by atoms with van der Waals surface area (Å²) in [5, 5.41) is 18.5. The van der Waals surface area contributed by atoms with Crippen LogP contribution in [0.25, 0.3) is 0 Å². The summed E-state index contributed by atoms with van der Waals surface area (Å²) in [6.07, 6.45) is -5.59. The van der Waals surface area contributed by atoms with E-state index in [1.165, 1.54) is 4.90 Å². The fourth-order valence-corrected chi connectivity index (χ4v) is 2.84. The summed E-state index contributed by atoms with van der Waals surface area (Å²) in [6, 6.07) is -1.73. The Bertz CT molecular complexity index is 421. The quantitative estimate of drug-likeness (QED) is 0.754. The van der Waals surface area contributed by atoms with Crippen LogP contribution in [0.3, 0.4) is 0 Å². The molecule has 0 aromatic rings. The van der Waals surface area contributed by atoms with Crippen molar-refractivity contribution < 1.29 is 33.0 Å². The highest BCUT2D eigenvalue weighted by Gasteiger charge is 2.44. The van der Waals surface area contributed by atoms with Gasteiger partial charge in [0, 0.05) is 26.1 Å². The van der Waals surface area contributed by atoms with Crippen LogP contribution in [-0.2, 0) is 4.79 Å². The zero-order valence-electron chi connectivity index (χ0n) is 11.2. The zero-order valence-corrected chi connectivity index (χ0v) is 11.2. The van der Waals surface area contributed by atoms with Gasteiger partial charge in [0.1, 0.15) is 6.04 Å². The number of hydrogen-bond acceptors (Lipinski definition) is 3. The third-order valence-electron chi connectivity index (χ3n) is 4.04. The summed E-state index contributed by atoms with van der Waals surface area (Å²) in [5.74, 6) is -2.63. The highest BCUT2D eigenvalue weighted by atomic mass is 19.4. The second kappa shape index (κ2) is 5.70. The number of likely N-dealkylation sites (tertiary alicyclic amines) is 2. The first-order chi connectivity index (χ1) is 9.70. The van der Waals surface area contributed by atoms with Gasteiger partial charge in [0.15, 0.2) is 0 Å². The summed E-state index contributed by atoms with van der Waals surface area (Å²) in [7, 11) is 0. The van der Waals surface area contributed by atoms with E-state index in [1.807, 2.05) is 0 Å². The number of nitrogens with zero attached hydrogens (tertiary/aromatic N) is 2. The van der Waals surface area contributed by atoms with Crippen molar-refractivity contribution in [1.29, 1.82) is 0 Å². The normalized spacial score (nSPS) is 28.0. The second-order valence-electron chi connectivity index (χ2n) is 5.48. The van der Waals surface area contributed by atoms with Crippen LogP contribution in [0.4, 0.5) is 18.0 Å². The Balaban J connectivity index is 1.97. The maximum absolute atomic E-state index is 12.6. The Labute approximate surface area is 119 Å². The van der Waals surface area contributed by atoms with Crippen LogP contribution in [0.15, 0.2) is 0 Å². The lowest BCUT2D eigenvalue weighted by Gasteiger charge is -2.36. The predicted octanol–water partition coefficient (Wildman–Crippen LogP) is 0.901. The first-order valence-electron chi connectivity index (χ1n) is 6.73. The fourth-order valence-electron chi connectivity index (χ4n) is 2.84. The van der Waals surface area contributed by atoms with Crippen LogP contribution in [0.5, 0.6) is 0 Å². The number of halogens is 3. The summed E-state index contributed by atoms with van der Waals surface area (Å²) in [4.78, 5) is 25.5. The Kier molecular flexibility index (Phi) is 4.31. The molecule has 0 unspecified atom stereocenters. The number of carboxylic acids is 1. The van der Waals surface area contributed by atoms with E-state index in [2.05, 4.69) is 0 Å². The largest absolute Gasteiger partial charge is 0.480 e. The number of carbonyl (C=O) groups excluding carboxylic acids is 1. The van der Waals surface area contributed by atoms with Gasteiger partial charge in [-0.15, -0.1) is 0 Å². The van der Waals surface area contributed by atoms with Gasteiger partial charge >= 0.3 is 18.2 Å². The Morgan fingerprint density at radius 1 is 1.14 bits per heavy atom. The minimum atomic E-state index is -4.26. The zero-order chi connectivity index (χ0) is 15.8. The average Bonchev–Trinajstić information content (AvgIpc) is 2.79. The van der Waals surface area contributed by atoms with Crippen LogP contribution in [0, 0.1) is 5.92 Å². The van der Waals surface area contributed by atoms with Gasteiger partial charge in [-0.25, -0.2) is 9.59 Å². The highest BCUT2D eigenvalue weighted by Crippen LogP contribution is 2.34. The van der Waals surface area contributed by atoms with Crippen LogP contribution in [0.2, 0.25) is 0 Å². The first-order valence-corrected chi connectivity index (χ1v) is 6.73. The number of carboxylic acid groups (broad SMARTS) is 1. The van der Waals surface area contributed by atoms with Crippen LogP contribution < -0.4 is 0 Å². The lowest BCUT2D eigenvalue weighted by Crippen LogP contribution is -2.51. The minimum Gasteiger partial charge on any atom is -0.480 e. The van der Waals surface area contributed by atoms with Crippen LogP contribution in [0.1, 0.15) is 19.3 Å². The molecule has 2 aliphatic heterocycles. The maximum atomic E-state index is 12.6. The molecule has 0 aromatic carbocycles. The van der Waals surface area contributed by atoms with Gasteiger partial charge in [-0.1, -0.05) is 0 Å². The SMILES string of the molecule is O=C(O)[C@@H]1C[C@H](O)CN1C(=O)N1CCC(C(F)(F)F)CC1. The van der Waals surface area contributed by atoms with Crippen molar-refractivity contribution in [3.8, 4) is 0 Å². The Morgan fingerprint density at radius 2 is 1.71 bits per heavy atom. The summed E-state index contributed by atoms with van der Waals surface area (Å²) in [6.45, 7) is -0.209. The van der Waals surface area contributed by atoms with E-state index < -0.39 is 36.2 Å². The van der Waals surface area contributed by atoms with Crippen molar-refractivity contribution in [2.45, 2.75) is 37.6 Å². The van der Waals surface area contributed by atoms with Crippen LogP contribution in [-0.4, -0.2) is 70.0 Å². The van der Waals surface area contributed by atoms with Gasteiger partial charge in [-0.05, 0) is 12.8 Å². The molecule has 0 aliphatic carbocycles. The molecule has 9 heteroatoms. The van der Waals surface area contributed by atoms with Crippen molar-refractivity contribution in [3.05, 3.63) is 0 Å². The molecule has 2 N–H and O–H groups in total. The Hall–Kier alpha value is -1.51. The van der Waals surface area contributed by atoms with Crippen molar-refractivity contribution in [1.82, 2.24) is 9.80 Å². The number of hydrogen-bond donors (Lipinski definition) is 2. The molecule has 21 heavy (non-hydrogen) atoms. The van der Waals surface area contributed by atoms with Crippen molar-refractivity contribution in [2.75, 3.05) is 19.6 Å². The number of aliphatic carboxylic acids is 1. The van der Waals surface area contributed by atoms with Gasteiger partial charge < -0.3 is 20.0 Å². The van der Waals surface area contributed by atoms with Crippen LogP contribution >= 0.6 is 0 Å². The number of β-amino-alcohol motifs (C(OH)–C–C–N with tert-alkyl or cyclic N) is 1. The molecule has 0 bridgehead atoms. The second-order valence-corrected chi connectivity index (χ2v) is 5.48. The average molecular weight is 310 g/mol. The van der Waals surface area contributed by atoms with Gasteiger partial charge in [-0.3, -0.25) is 0 Å². The minimum absolute atomic E-state index is 0.0536. The molecule has 2 saturated heterocycles. The third-order valence-corrected chi connectivity index (χ3v) is 4.04. The number of amides is 2. The highest BCUT2D eigenvalue weighted by molar-refractivity contribution is 5.83. The molecular formula is C12H17F3N2O4. The van der Waals surface area contributed by atoms with E-state index in [4.69, 9.17) is 5.11 Å². The number of aliphatic hydroxyl groups excluding tert-OH is 1.